The molecule has 0 spiro atoms. The number of carbonyl (C=O) groups is 2. The van der Waals surface area contributed by atoms with Gasteiger partial charge in [0.15, 0.2) is 0 Å². The Morgan fingerprint density at radius 2 is 1.93 bits per heavy atom. The number of likely N-dealkylation sites (tertiary alicyclic amines) is 1. The van der Waals surface area contributed by atoms with Gasteiger partial charge in [0.2, 0.25) is 0 Å². The van der Waals surface area contributed by atoms with Gasteiger partial charge >= 0.3 is 11.8 Å². The van der Waals surface area contributed by atoms with Crippen molar-refractivity contribution < 1.29 is 18.4 Å². The first kappa shape index (κ1) is 19.4. The lowest BCUT2D eigenvalue weighted by molar-refractivity contribution is -0.136. The summed E-state index contributed by atoms with van der Waals surface area (Å²) in [6.07, 6.45) is 1.87. The molecular weight excluding hydrogens is 372 g/mol. The van der Waals surface area contributed by atoms with Crippen molar-refractivity contribution in [2.24, 2.45) is 5.92 Å². The van der Waals surface area contributed by atoms with Crippen LogP contribution in [0.25, 0.3) is 0 Å². The van der Waals surface area contributed by atoms with Gasteiger partial charge in [-0.05, 0) is 55.4 Å². The fourth-order valence-corrected chi connectivity index (χ4v) is 3.81. The maximum atomic E-state index is 13.5. The quantitative estimate of drug-likeness (QED) is 0.768. The molecule has 0 unspecified atom stereocenters. The number of hydrogen-bond acceptors (Lipinski definition) is 4. The Labute approximate surface area is 160 Å². The summed E-state index contributed by atoms with van der Waals surface area (Å²) in [5.41, 5.74) is -0.350. The van der Waals surface area contributed by atoms with E-state index in [1.165, 1.54) is 4.88 Å². The van der Waals surface area contributed by atoms with Gasteiger partial charge in [-0.15, -0.1) is 11.3 Å². The average molecular weight is 393 g/mol. The highest BCUT2D eigenvalue weighted by molar-refractivity contribution is 7.09. The van der Waals surface area contributed by atoms with Crippen LogP contribution in [0.15, 0.2) is 35.7 Å². The summed E-state index contributed by atoms with van der Waals surface area (Å²) in [6.45, 7) is 3.22. The summed E-state index contributed by atoms with van der Waals surface area (Å²) in [4.78, 5) is 27.5. The van der Waals surface area contributed by atoms with Gasteiger partial charge in [0.25, 0.3) is 0 Å². The number of nitrogens with zero attached hydrogens (tertiary/aromatic N) is 1. The molecule has 0 atom stereocenters. The number of halogens is 2. The minimum absolute atomic E-state index is 0.298. The maximum absolute atomic E-state index is 13.5. The van der Waals surface area contributed by atoms with E-state index in [0.717, 1.165) is 50.7 Å². The van der Waals surface area contributed by atoms with Crippen molar-refractivity contribution in [2.45, 2.75) is 19.4 Å². The molecule has 0 aliphatic carbocycles. The molecular formula is C19H21F2N3O2S. The molecule has 5 nitrogen and oxygen atoms in total. The molecule has 3 rings (SSSR count). The molecule has 1 fully saturated rings. The zero-order valence-corrected chi connectivity index (χ0v) is 15.5. The first-order chi connectivity index (χ1) is 13.0. The van der Waals surface area contributed by atoms with Crippen molar-refractivity contribution in [3.05, 3.63) is 52.2 Å². The number of nitrogens with one attached hydrogen (secondary N) is 2. The molecule has 0 radical (unpaired) electrons. The highest BCUT2D eigenvalue weighted by Crippen LogP contribution is 2.20. The van der Waals surface area contributed by atoms with Gasteiger partial charge in [0.05, 0.1) is 5.69 Å². The van der Waals surface area contributed by atoms with Crippen LogP contribution in [0.1, 0.15) is 17.7 Å². The first-order valence-electron chi connectivity index (χ1n) is 8.80. The molecule has 0 saturated carbocycles. The molecule has 1 aromatic heterocycles. The van der Waals surface area contributed by atoms with Crippen LogP contribution in [0, 0.1) is 17.6 Å². The molecule has 1 aromatic carbocycles. The minimum atomic E-state index is -1.00. The Kier molecular flexibility index (Phi) is 6.52. The van der Waals surface area contributed by atoms with Crippen LogP contribution in [0.2, 0.25) is 0 Å². The molecule has 2 N–H and O–H groups in total. The number of amides is 2. The monoisotopic (exact) mass is 393 g/mol. The van der Waals surface area contributed by atoms with Crippen LogP contribution >= 0.6 is 11.3 Å². The van der Waals surface area contributed by atoms with Gasteiger partial charge < -0.3 is 10.6 Å². The van der Waals surface area contributed by atoms with Crippen LogP contribution in [-0.2, 0) is 16.1 Å². The summed E-state index contributed by atoms with van der Waals surface area (Å²) in [5, 5.41) is 6.75. The first-order valence-corrected chi connectivity index (χ1v) is 9.68. The van der Waals surface area contributed by atoms with Crippen molar-refractivity contribution >= 4 is 28.8 Å². The van der Waals surface area contributed by atoms with Crippen molar-refractivity contribution in [3.63, 3.8) is 0 Å². The lowest BCUT2D eigenvalue weighted by Crippen LogP contribution is -2.41. The second kappa shape index (κ2) is 9.05. The smallest absolute Gasteiger partial charge is 0.313 e. The van der Waals surface area contributed by atoms with E-state index >= 15 is 0 Å². The second-order valence-corrected chi connectivity index (χ2v) is 7.62. The van der Waals surface area contributed by atoms with Crippen LogP contribution in [0.3, 0.4) is 0 Å². The number of thiophene rings is 1. The number of hydrogen-bond donors (Lipinski definition) is 2. The van der Waals surface area contributed by atoms with E-state index < -0.39 is 23.4 Å². The molecule has 2 aromatic rings. The van der Waals surface area contributed by atoms with Crippen molar-refractivity contribution in [2.75, 3.05) is 25.0 Å². The third-order valence-corrected chi connectivity index (χ3v) is 5.46. The number of carbonyl (C=O) groups excluding carboxylic acids is 2. The van der Waals surface area contributed by atoms with E-state index in [-0.39, 0.29) is 5.69 Å². The van der Waals surface area contributed by atoms with Gasteiger partial charge in [-0.3, -0.25) is 14.5 Å². The molecule has 27 heavy (non-hydrogen) atoms. The van der Waals surface area contributed by atoms with Crippen molar-refractivity contribution in [1.82, 2.24) is 10.2 Å². The van der Waals surface area contributed by atoms with Crippen LogP contribution in [0.4, 0.5) is 14.5 Å². The van der Waals surface area contributed by atoms with E-state index in [0.29, 0.717) is 12.5 Å². The van der Waals surface area contributed by atoms with E-state index in [1.54, 1.807) is 11.3 Å². The standard InChI is InChI=1S/C19H21F2N3O2S/c20-14-3-4-16(21)17(10-14)23-19(26)18(25)22-11-13-5-7-24(8-6-13)12-15-2-1-9-27-15/h1-4,9-10,13H,5-8,11-12H2,(H,22,25)(H,23,26). The second-order valence-electron chi connectivity index (χ2n) is 6.59. The molecule has 144 valence electrons. The van der Waals surface area contributed by atoms with Gasteiger partial charge in [-0.25, -0.2) is 8.78 Å². The van der Waals surface area contributed by atoms with E-state index in [1.807, 2.05) is 6.07 Å². The average Bonchev–Trinajstić information content (AvgIpc) is 3.17. The number of benzene rings is 1. The zero-order valence-electron chi connectivity index (χ0n) is 14.7. The topological polar surface area (TPSA) is 61.4 Å². The summed E-state index contributed by atoms with van der Waals surface area (Å²) in [6, 6.07) is 6.84. The van der Waals surface area contributed by atoms with E-state index in [2.05, 4.69) is 27.0 Å². The zero-order chi connectivity index (χ0) is 19.2. The Balaban J connectivity index is 1.40. The third kappa shape index (κ3) is 5.58. The molecule has 2 amide bonds. The predicted octanol–water partition coefficient (Wildman–Crippen LogP) is 2.99. The predicted molar refractivity (Wildman–Crippen MR) is 100 cm³/mol. The summed E-state index contributed by atoms with van der Waals surface area (Å²) in [7, 11) is 0. The summed E-state index contributed by atoms with van der Waals surface area (Å²) < 4.78 is 26.6. The molecule has 0 bridgehead atoms. The van der Waals surface area contributed by atoms with Crippen molar-refractivity contribution in [3.8, 4) is 0 Å². The Bertz CT molecular complexity index is 790. The van der Waals surface area contributed by atoms with Crippen LogP contribution in [-0.4, -0.2) is 36.3 Å². The molecule has 1 aliphatic heterocycles. The maximum Gasteiger partial charge on any atom is 0.313 e. The van der Waals surface area contributed by atoms with E-state index in [9.17, 15) is 18.4 Å². The highest BCUT2D eigenvalue weighted by atomic mass is 32.1. The lowest BCUT2D eigenvalue weighted by atomic mass is 9.97. The van der Waals surface area contributed by atoms with Gasteiger partial charge in [0.1, 0.15) is 11.6 Å². The van der Waals surface area contributed by atoms with Crippen LogP contribution < -0.4 is 10.6 Å². The fraction of sp³-hybridized carbons (Fsp3) is 0.368. The van der Waals surface area contributed by atoms with Crippen molar-refractivity contribution in [1.29, 1.82) is 0 Å². The van der Waals surface area contributed by atoms with Gasteiger partial charge in [-0.1, -0.05) is 6.07 Å². The Morgan fingerprint density at radius 1 is 1.15 bits per heavy atom. The summed E-state index contributed by atoms with van der Waals surface area (Å²) >= 11 is 1.74. The largest absolute Gasteiger partial charge is 0.348 e. The third-order valence-electron chi connectivity index (χ3n) is 4.60. The van der Waals surface area contributed by atoms with Crippen LogP contribution in [0.5, 0.6) is 0 Å². The molecule has 1 aliphatic rings. The number of rotatable bonds is 5. The van der Waals surface area contributed by atoms with Gasteiger partial charge in [0, 0.05) is 24.0 Å². The lowest BCUT2D eigenvalue weighted by Gasteiger charge is -2.31. The molecule has 8 heteroatoms. The molecule has 1 saturated heterocycles. The molecule has 2 heterocycles. The SMILES string of the molecule is O=C(NCC1CCN(Cc2cccs2)CC1)C(=O)Nc1cc(F)ccc1F. The fourth-order valence-electron chi connectivity index (χ4n) is 3.06. The Hall–Kier alpha value is -2.32. The summed E-state index contributed by atoms with van der Waals surface area (Å²) in [5.74, 6) is -3.04. The minimum Gasteiger partial charge on any atom is -0.348 e. The number of anilines is 1. The highest BCUT2D eigenvalue weighted by Gasteiger charge is 2.22. The normalized spacial score (nSPS) is 15.5. The van der Waals surface area contributed by atoms with E-state index in [4.69, 9.17) is 0 Å². The van der Waals surface area contributed by atoms with Gasteiger partial charge in [-0.2, -0.15) is 0 Å². The Morgan fingerprint density at radius 3 is 2.63 bits per heavy atom. The number of piperidine rings is 1.